The summed E-state index contributed by atoms with van der Waals surface area (Å²) in [4.78, 5) is 11.4. The third-order valence-electron chi connectivity index (χ3n) is 2.14. The van der Waals surface area contributed by atoms with Crippen molar-refractivity contribution in [2.45, 2.75) is 46.0 Å². The van der Waals surface area contributed by atoms with E-state index < -0.39 is 5.79 Å². The van der Waals surface area contributed by atoms with E-state index in [9.17, 15) is 4.79 Å². The predicted octanol–water partition coefficient (Wildman–Crippen LogP) is 1.75. The lowest BCUT2D eigenvalue weighted by atomic mass is 10.0. The van der Waals surface area contributed by atoms with E-state index in [-0.39, 0.29) is 17.8 Å². The lowest BCUT2D eigenvalue weighted by molar-refractivity contribution is -0.143. The Hall–Kier alpha value is -0.410. The number of ketones is 1. The number of rotatable bonds is 3. The van der Waals surface area contributed by atoms with Gasteiger partial charge in [-0.15, -0.1) is 0 Å². The van der Waals surface area contributed by atoms with Gasteiger partial charge in [0.1, 0.15) is 5.78 Å². The van der Waals surface area contributed by atoms with Crippen molar-refractivity contribution in [3.8, 4) is 0 Å². The number of Topliss-reactive ketones (excluding diaryl/α,β-unsaturated/α-hetero) is 1. The summed E-state index contributed by atoms with van der Waals surface area (Å²) < 4.78 is 10.9. The van der Waals surface area contributed by atoms with Gasteiger partial charge in [0.25, 0.3) is 0 Å². The van der Waals surface area contributed by atoms with E-state index in [1.807, 2.05) is 27.7 Å². The maximum Gasteiger partial charge on any atom is 0.163 e. The molecule has 0 N–H and O–H groups in total. The number of carbonyl (C=O) groups is 1. The number of hydrogen-bond donors (Lipinski definition) is 0. The van der Waals surface area contributed by atoms with E-state index >= 15 is 0 Å². The molecule has 3 heteroatoms. The molecule has 1 aliphatic heterocycles. The van der Waals surface area contributed by atoms with Gasteiger partial charge in [-0.25, -0.2) is 0 Å². The van der Waals surface area contributed by atoms with Gasteiger partial charge in [-0.05, 0) is 13.8 Å². The molecule has 1 heterocycles. The quantitative estimate of drug-likeness (QED) is 0.673. The van der Waals surface area contributed by atoms with Crippen LogP contribution in [0.4, 0.5) is 0 Å². The molecule has 1 fully saturated rings. The summed E-state index contributed by atoms with van der Waals surface area (Å²) in [5.41, 5.74) is 0. The zero-order valence-electron chi connectivity index (χ0n) is 8.79. The van der Waals surface area contributed by atoms with E-state index in [1.165, 1.54) is 0 Å². The number of ether oxygens (including phenoxy) is 2. The zero-order chi connectivity index (χ0) is 10.1. The van der Waals surface area contributed by atoms with Gasteiger partial charge < -0.3 is 9.47 Å². The Morgan fingerprint density at radius 1 is 1.54 bits per heavy atom. The fourth-order valence-corrected chi connectivity index (χ4v) is 1.32. The highest BCUT2D eigenvalue weighted by Crippen LogP contribution is 2.24. The van der Waals surface area contributed by atoms with Crippen molar-refractivity contribution in [2.24, 2.45) is 5.92 Å². The van der Waals surface area contributed by atoms with E-state index in [4.69, 9.17) is 9.47 Å². The molecule has 1 rings (SSSR count). The van der Waals surface area contributed by atoms with Gasteiger partial charge >= 0.3 is 0 Å². The van der Waals surface area contributed by atoms with Gasteiger partial charge in [0, 0.05) is 12.3 Å². The van der Waals surface area contributed by atoms with Crippen molar-refractivity contribution in [3.05, 3.63) is 0 Å². The molecule has 0 spiro atoms. The van der Waals surface area contributed by atoms with Gasteiger partial charge in [-0.1, -0.05) is 13.8 Å². The van der Waals surface area contributed by atoms with Crippen LogP contribution in [0.1, 0.15) is 34.1 Å². The molecule has 0 aromatic rings. The van der Waals surface area contributed by atoms with Crippen molar-refractivity contribution >= 4 is 5.78 Å². The molecule has 0 bridgehead atoms. The molecule has 0 aromatic heterocycles. The van der Waals surface area contributed by atoms with Crippen molar-refractivity contribution in [3.63, 3.8) is 0 Å². The summed E-state index contributed by atoms with van der Waals surface area (Å²) in [6.07, 6.45) is 0.422. The Labute approximate surface area is 79.4 Å². The molecule has 13 heavy (non-hydrogen) atoms. The fraction of sp³-hybridized carbons (Fsp3) is 0.900. The molecular weight excluding hydrogens is 168 g/mol. The third-order valence-corrected chi connectivity index (χ3v) is 2.14. The Morgan fingerprint density at radius 3 is 2.54 bits per heavy atom. The molecule has 1 aliphatic rings. The van der Waals surface area contributed by atoms with Crippen LogP contribution in [-0.4, -0.2) is 24.3 Å². The van der Waals surface area contributed by atoms with Crippen molar-refractivity contribution in [1.82, 2.24) is 0 Å². The third kappa shape index (κ3) is 3.08. The van der Waals surface area contributed by atoms with E-state index in [0.717, 1.165) is 0 Å². The lowest BCUT2D eigenvalue weighted by Gasteiger charge is -2.17. The number of hydrogen-bond acceptors (Lipinski definition) is 3. The summed E-state index contributed by atoms with van der Waals surface area (Å²) in [6, 6.07) is 0. The molecular formula is C10H18O3. The maximum absolute atomic E-state index is 11.4. The van der Waals surface area contributed by atoms with Crippen molar-refractivity contribution in [1.29, 1.82) is 0 Å². The van der Waals surface area contributed by atoms with Gasteiger partial charge in [-0.3, -0.25) is 4.79 Å². The first-order valence-electron chi connectivity index (χ1n) is 4.75. The molecule has 0 amide bonds. The van der Waals surface area contributed by atoms with Crippen molar-refractivity contribution in [2.75, 3.05) is 6.61 Å². The normalized spacial score (nSPS) is 26.7. The minimum Gasteiger partial charge on any atom is -0.348 e. The summed E-state index contributed by atoms with van der Waals surface area (Å²) >= 11 is 0. The van der Waals surface area contributed by atoms with Gasteiger partial charge in [0.15, 0.2) is 5.79 Å². The van der Waals surface area contributed by atoms with Crippen molar-refractivity contribution < 1.29 is 14.3 Å². The molecule has 0 aliphatic carbocycles. The monoisotopic (exact) mass is 186 g/mol. The average molecular weight is 186 g/mol. The first kappa shape index (κ1) is 10.7. The summed E-state index contributed by atoms with van der Waals surface area (Å²) in [7, 11) is 0. The Balaban J connectivity index is 2.37. The maximum atomic E-state index is 11.4. The fourth-order valence-electron chi connectivity index (χ4n) is 1.32. The summed E-state index contributed by atoms with van der Waals surface area (Å²) in [6.45, 7) is 8.08. The second-order valence-electron chi connectivity index (χ2n) is 4.28. The zero-order valence-corrected chi connectivity index (χ0v) is 8.79. The first-order valence-corrected chi connectivity index (χ1v) is 4.75. The van der Waals surface area contributed by atoms with Crippen LogP contribution in [0.5, 0.6) is 0 Å². The van der Waals surface area contributed by atoms with Crippen LogP contribution < -0.4 is 0 Å². The van der Waals surface area contributed by atoms with Crippen LogP contribution in [0, 0.1) is 5.92 Å². The minimum absolute atomic E-state index is 0.0510. The molecule has 0 saturated carbocycles. The smallest absolute Gasteiger partial charge is 0.163 e. The largest absolute Gasteiger partial charge is 0.348 e. The molecule has 0 aromatic carbocycles. The van der Waals surface area contributed by atoms with E-state index in [0.29, 0.717) is 13.0 Å². The predicted molar refractivity (Wildman–Crippen MR) is 49.4 cm³/mol. The van der Waals surface area contributed by atoms with Crippen LogP contribution in [0.25, 0.3) is 0 Å². The molecule has 1 atom stereocenters. The second kappa shape index (κ2) is 3.76. The summed E-state index contributed by atoms with van der Waals surface area (Å²) in [5.74, 6) is -0.180. The van der Waals surface area contributed by atoms with Gasteiger partial charge in [0.05, 0.1) is 12.7 Å². The second-order valence-corrected chi connectivity index (χ2v) is 4.28. The average Bonchev–Trinajstić information content (AvgIpc) is 2.30. The van der Waals surface area contributed by atoms with Gasteiger partial charge in [0.2, 0.25) is 0 Å². The summed E-state index contributed by atoms with van der Waals surface area (Å²) in [5, 5.41) is 0. The van der Waals surface area contributed by atoms with Crippen LogP contribution in [0.15, 0.2) is 0 Å². The van der Waals surface area contributed by atoms with Crippen LogP contribution in [0.2, 0.25) is 0 Å². The van der Waals surface area contributed by atoms with Crippen LogP contribution in [-0.2, 0) is 14.3 Å². The Morgan fingerprint density at radius 2 is 2.15 bits per heavy atom. The van der Waals surface area contributed by atoms with E-state index in [2.05, 4.69) is 0 Å². The Bertz CT molecular complexity index is 196. The molecule has 0 unspecified atom stereocenters. The molecule has 1 saturated heterocycles. The molecule has 0 radical (unpaired) electrons. The van der Waals surface area contributed by atoms with Crippen LogP contribution in [0.3, 0.4) is 0 Å². The molecule has 3 nitrogen and oxygen atoms in total. The topological polar surface area (TPSA) is 35.5 Å². The highest BCUT2D eigenvalue weighted by molar-refractivity contribution is 5.80. The van der Waals surface area contributed by atoms with Crippen LogP contribution >= 0.6 is 0 Å². The standard InChI is InChI=1S/C10H18O3/c1-7(2)9(11)5-8-6-12-10(3,4)13-8/h7-8H,5-6H2,1-4H3/t8-/m1/s1. The highest BCUT2D eigenvalue weighted by Gasteiger charge is 2.33. The Kier molecular flexibility index (Phi) is 3.09. The highest BCUT2D eigenvalue weighted by atomic mass is 16.7. The van der Waals surface area contributed by atoms with E-state index in [1.54, 1.807) is 0 Å². The molecule has 76 valence electrons. The minimum atomic E-state index is -0.512. The first-order chi connectivity index (χ1) is 5.91. The SMILES string of the molecule is CC(C)C(=O)C[C@@H]1COC(C)(C)O1. The lowest BCUT2D eigenvalue weighted by Crippen LogP contribution is -2.24. The van der Waals surface area contributed by atoms with Gasteiger partial charge in [-0.2, -0.15) is 0 Å². The number of carbonyl (C=O) groups excluding carboxylic acids is 1.